The molecule has 0 aliphatic carbocycles. The maximum Gasteiger partial charge on any atom is 0.153 e. The molecule has 0 aromatic rings. The second-order valence-corrected chi connectivity index (χ2v) is 1.75. The van der Waals surface area contributed by atoms with Crippen molar-refractivity contribution >= 4 is 6.34 Å². The van der Waals surface area contributed by atoms with Crippen LogP contribution in [0, 0.1) is 22.7 Å². The van der Waals surface area contributed by atoms with Crippen molar-refractivity contribution in [1.82, 2.24) is 5.32 Å². The van der Waals surface area contributed by atoms with Crippen LogP contribution in [0.2, 0.25) is 0 Å². The number of rotatable bonds is 0. The highest BCUT2D eigenvalue weighted by molar-refractivity contribution is 5.64. The molecule has 1 aliphatic rings. The topological polar surface area (TPSA) is 72.0 Å². The molecule has 0 amide bonds. The Morgan fingerprint density at radius 1 is 1.45 bits per heavy atom. The van der Waals surface area contributed by atoms with Gasteiger partial charge >= 0.3 is 0 Å². The highest BCUT2D eigenvalue weighted by Gasteiger charge is 2.01. The molecule has 1 aliphatic heterocycles. The number of hydrogen-bond acceptors (Lipinski definition) is 4. The van der Waals surface area contributed by atoms with E-state index in [-0.39, 0.29) is 5.57 Å². The fourth-order valence-electron chi connectivity index (χ4n) is 0.616. The Kier molecular flexibility index (Phi) is 2.04. The number of aliphatic imine (C=N–C) groups is 1. The Bertz CT molecular complexity index is 305. The molecule has 0 bridgehead atoms. The summed E-state index contributed by atoms with van der Waals surface area (Å²) in [4.78, 5) is 3.71. The summed E-state index contributed by atoms with van der Waals surface area (Å²) in [5.74, 6) is 0. The first-order valence-electron chi connectivity index (χ1n) is 2.87. The molecule has 0 saturated carbocycles. The third kappa shape index (κ3) is 1.44. The van der Waals surface area contributed by atoms with Gasteiger partial charge in [0.25, 0.3) is 0 Å². The van der Waals surface area contributed by atoms with Gasteiger partial charge in [-0.3, -0.25) is 0 Å². The summed E-state index contributed by atoms with van der Waals surface area (Å²) in [6.45, 7) is 0. The highest BCUT2D eigenvalue weighted by Crippen LogP contribution is 2.02. The van der Waals surface area contributed by atoms with Crippen LogP contribution < -0.4 is 5.32 Å². The highest BCUT2D eigenvalue weighted by atomic mass is 15.0. The number of hydrogen-bond donors (Lipinski definition) is 1. The van der Waals surface area contributed by atoms with Crippen LogP contribution in [0.4, 0.5) is 0 Å². The summed E-state index contributed by atoms with van der Waals surface area (Å²) in [5, 5.41) is 19.5. The molecule has 0 aromatic heterocycles. The van der Waals surface area contributed by atoms with Crippen LogP contribution in [0.25, 0.3) is 0 Å². The van der Waals surface area contributed by atoms with Crippen molar-refractivity contribution in [2.24, 2.45) is 4.99 Å². The summed E-state index contributed by atoms with van der Waals surface area (Å²) >= 11 is 0. The molecule has 52 valence electrons. The van der Waals surface area contributed by atoms with Gasteiger partial charge in [-0.15, -0.1) is 0 Å². The molecule has 1 rings (SSSR count). The zero-order chi connectivity index (χ0) is 8.10. The Morgan fingerprint density at radius 2 is 2.18 bits per heavy atom. The normalized spacial score (nSPS) is 13.1. The number of nitrogens with one attached hydrogen (secondary N) is 1. The lowest BCUT2D eigenvalue weighted by Crippen LogP contribution is -2.12. The minimum atomic E-state index is 0.0624. The van der Waals surface area contributed by atoms with Gasteiger partial charge in [0, 0.05) is 6.20 Å². The first-order valence-corrected chi connectivity index (χ1v) is 2.87. The van der Waals surface area contributed by atoms with Crippen LogP contribution in [-0.2, 0) is 0 Å². The second kappa shape index (κ2) is 3.19. The standard InChI is InChI=1S/C7H4N4/c8-3-6(4-9)7-1-2-10-5-11-7/h1-2,5H,(H,10,11). The minimum absolute atomic E-state index is 0.0624. The third-order valence-corrected chi connectivity index (χ3v) is 1.11. The van der Waals surface area contributed by atoms with E-state index in [9.17, 15) is 0 Å². The van der Waals surface area contributed by atoms with Crippen LogP contribution >= 0.6 is 0 Å². The van der Waals surface area contributed by atoms with Gasteiger partial charge in [0.2, 0.25) is 0 Å². The minimum Gasteiger partial charge on any atom is -0.345 e. The first-order chi connectivity index (χ1) is 5.38. The average molecular weight is 144 g/mol. The molecule has 1 heterocycles. The van der Waals surface area contributed by atoms with Gasteiger partial charge in [0.15, 0.2) is 5.57 Å². The molecule has 4 nitrogen and oxygen atoms in total. The molecule has 0 spiro atoms. The summed E-state index contributed by atoms with van der Waals surface area (Å²) in [5.41, 5.74) is 0.553. The predicted molar refractivity (Wildman–Crippen MR) is 39.0 cm³/mol. The van der Waals surface area contributed by atoms with Crippen molar-refractivity contribution in [3.05, 3.63) is 23.5 Å². The maximum atomic E-state index is 8.43. The zero-order valence-corrected chi connectivity index (χ0v) is 5.57. The lowest BCUT2D eigenvalue weighted by Gasteiger charge is -2.02. The molecule has 0 radical (unpaired) electrons. The van der Waals surface area contributed by atoms with E-state index in [1.54, 1.807) is 18.2 Å². The van der Waals surface area contributed by atoms with Crippen molar-refractivity contribution in [2.75, 3.05) is 0 Å². The van der Waals surface area contributed by atoms with E-state index in [4.69, 9.17) is 10.5 Å². The molecule has 0 unspecified atom stereocenters. The molecule has 0 fully saturated rings. The summed E-state index contributed by atoms with van der Waals surface area (Å²) in [6.07, 6.45) is 4.51. The van der Waals surface area contributed by atoms with Gasteiger partial charge in [-0.2, -0.15) is 10.5 Å². The Labute approximate surface area is 63.8 Å². The van der Waals surface area contributed by atoms with E-state index in [0.717, 1.165) is 0 Å². The van der Waals surface area contributed by atoms with Crippen molar-refractivity contribution < 1.29 is 0 Å². The van der Waals surface area contributed by atoms with E-state index >= 15 is 0 Å². The molecule has 1 N–H and O–H groups in total. The Balaban J connectivity index is 3.00. The van der Waals surface area contributed by atoms with Crippen LogP contribution in [-0.4, -0.2) is 6.34 Å². The Hall–Kier alpha value is -2.07. The monoisotopic (exact) mass is 144 g/mol. The fourth-order valence-corrected chi connectivity index (χ4v) is 0.616. The molecule has 11 heavy (non-hydrogen) atoms. The van der Waals surface area contributed by atoms with Gasteiger partial charge < -0.3 is 5.32 Å². The van der Waals surface area contributed by atoms with Gasteiger partial charge in [0.05, 0.1) is 12.0 Å². The van der Waals surface area contributed by atoms with Crippen molar-refractivity contribution in [3.8, 4) is 12.1 Å². The second-order valence-electron chi connectivity index (χ2n) is 1.75. The largest absolute Gasteiger partial charge is 0.345 e. The summed E-state index contributed by atoms with van der Waals surface area (Å²) < 4.78 is 0. The van der Waals surface area contributed by atoms with Gasteiger partial charge in [-0.1, -0.05) is 0 Å². The summed E-state index contributed by atoms with van der Waals surface area (Å²) in [6, 6.07) is 3.53. The van der Waals surface area contributed by atoms with E-state index in [2.05, 4.69) is 10.3 Å². The first kappa shape index (κ1) is 7.04. The molecule has 0 atom stereocenters. The van der Waals surface area contributed by atoms with Crippen molar-refractivity contribution in [1.29, 1.82) is 10.5 Å². The van der Waals surface area contributed by atoms with Crippen LogP contribution in [0.15, 0.2) is 28.5 Å². The van der Waals surface area contributed by atoms with Gasteiger partial charge in [0.1, 0.15) is 12.1 Å². The van der Waals surface area contributed by atoms with E-state index in [1.807, 2.05) is 0 Å². The quantitative estimate of drug-likeness (QED) is 0.501. The summed E-state index contributed by atoms with van der Waals surface area (Å²) in [7, 11) is 0. The molecule has 0 saturated heterocycles. The number of nitriles is 2. The molecule has 4 heteroatoms. The van der Waals surface area contributed by atoms with Crippen LogP contribution in [0.5, 0.6) is 0 Å². The van der Waals surface area contributed by atoms with E-state index in [0.29, 0.717) is 5.70 Å². The zero-order valence-electron chi connectivity index (χ0n) is 5.57. The molecular formula is C7H4N4. The number of allylic oxidation sites excluding steroid dienone is 2. The molecule has 0 aromatic carbocycles. The van der Waals surface area contributed by atoms with E-state index in [1.165, 1.54) is 12.5 Å². The SMILES string of the molecule is N#CC(C#N)=C1C=CN=CN1. The van der Waals surface area contributed by atoms with E-state index < -0.39 is 0 Å². The van der Waals surface area contributed by atoms with Gasteiger partial charge in [-0.05, 0) is 6.08 Å². The average Bonchev–Trinajstić information content (AvgIpc) is 2.09. The van der Waals surface area contributed by atoms with Crippen molar-refractivity contribution in [2.45, 2.75) is 0 Å². The Morgan fingerprint density at radius 3 is 2.64 bits per heavy atom. The number of nitrogens with zero attached hydrogens (tertiary/aromatic N) is 3. The van der Waals surface area contributed by atoms with Crippen molar-refractivity contribution in [3.63, 3.8) is 0 Å². The predicted octanol–water partition coefficient (Wildman–Crippen LogP) is 0.433. The van der Waals surface area contributed by atoms with Gasteiger partial charge in [-0.25, -0.2) is 4.99 Å². The van der Waals surface area contributed by atoms with Crippen LogP contribution in [0.3, 0.4) is 0 Å². The lowest BCUT2D eigenvalue weighted by atomic mass is 10.2. The smallest absolute Gasteiger partial charge is 0.153 e. The third-order valence-electron chi connectivity index (χ3n) is 1.11. The van der Waals surface area contributed by atoms with Crippen LogP contribution in [0.1, 0.15) is 0 Å². The molecular weight excluding hydrogens is 140 g/mol. The fraction of sp³-hybridized carbons (Fsp3) is 0. The lowest BCUT2D eigenvalue weighted by molar-refractivity contribution is 1.15. The maximum absolute atomic E-state index is 8.43.